The van der Waals surface area contributed by atoms with E-state index in [0.717, 1.165) is 27.9 Å². The SMILES string of the molecule is COc1ccc2c(c1)C(c1ccc(Cl)cc1)=N[C@@H](CC(=O)NCC(=O)NCCc1ccc3[nH]cc(B(O)O)c3c1)c1nnc(C)n1-2. The average Bonchev–Trinajstić information content (AvgIpc) is 3.62. The molecule has 1 atom stereocenters. The number of benzene rings is 3. The number of carbonyl (C=O) groups excluding carboxylic acids is 2. The van der Waals surface area contributed by atoms with Gasteiger partial charge in [-0.05, 0) is 66.8 Å². The molecule has 0 spiro atoms. The van der Waals surface area contributed by atoms with Crippen molar-refractivity contribution in [2.45, 2.75) is 25.8 Å². The van der Waals surface area contributed by atoms with Gasteiger partial charge in [0.25, 0.3) is 0 Å². The number of rotatable bonds is 10. The third-order valence-corrected chi connectivity index (χ3v) is 8.12. The molecule has 0 radical (unpaired) electrons. The van der Waals surface area contributed by atoms with E-state index in [1.54, 1.807) is 25.4 Å². The molecule has 0 fully saturated rings. The summed E-state index contributed by atoms with van der Waals surface area (Å²) in [6.45, 7) is 1.97. The third kappa shape index (κ3) is 6.38. The fraction of sp³-hybridized carbons (Fsp3) is 0.219. The first-order valence-electron chi connectivity index (χ1n) is 14.7. The van der Waals surface area contributed by atoms with Crippen LogP contribution in [0.4, 0.5) is 0 Å². The van der Waals surface area contributed by atoms with E-state index in [1.807, 2.05) is 60.0 Å². The van der Waals surface area contributed by atoms with Gasteiger partial charge in [0, 0.05) is 39.9 Å². The van der Waals surface area contributed by atoms with E-state index in [-0.39, 0.29) is 24.8 Å². The molecule has 6 rings (SSSR count). The van der Waals surface area contributed by atoms with Gasteiger partial charge in [-0.25, -0.2) is 0 Å². The number of ether oxygens (including phenoxy) is 1. The Morgan fingerprint density at radius 3 is 2.61 bits per heavy atom. The highest BCUT2D eigenvalue weighted by Crippen LogP contribution is 2.34. The van der Waals surface area contributed by atoms with Crippen molar-refractivity contribution in [3.8, 4) is 11.4 Å². The summed E-state index contributed by atoms with van der Waals surface area (Å²) in [5, 5.41) is 34.6. The first-order valence-corrected chi connectivity index (χ1v) is 15.0. The van der Waals surface area contributed by atoms with Gasteiger partial charge in [0.15, 0.2) is 5.82 Å². The number of carbonyl (C=O) groups is 2. The minimum Gasteiger partial charge on any atom is -0.497 e. The van der Waals surface area contributed by atoms with Gasteiger partial charge < -0.3 is 30.4 Å². The number of amides is 2. The summed E-state index contributed by atoms with van der Waals surface area (Å²) >= 11 is 6.17. The molecule has 1 aliphatic heterocycles. The normalized spacial score (nSPS) is 13.8. The summed E-state index contributed by atoms with van der Waals surface area (Å²) in [6, 6.07) is 17.9. The van der Waals surface area contributed by atoms with Crippen molar-refractivity contribution in [3.63, 3.8) is 0 Å². The number of aryl methyl sites for hydroxylation is 1. The van der Waals surface area contributed by atoms with E-state index in [1.165, 1.54) is 0 Å². The van der Waals surface area contributed by atoms with Gasteiger partial charge in [-0.1, -0.05) is 29.8 Å². The fourth-order valence-electron chi connectivity index (χ4n) is 5.57. The van der Waals surface area contributed by atoms with Crippen molar-refractivity contribution in [2.75, 3.05) is 20.2 Å². The van der Waals surface area contributed by atoms with Crippen LogP contribution >= 0.6 is 11.6 Å². The molecule has 14 heteroatoms. The lowest BCUT2D eigenvalue weighted by atomic mass is 9.80. The molecule has 0 saturated heterocycles. The number of aliphatic imine (C=N–C) groups is 1. The molecule has 0 aliphatic carbocycles. The summed E-state index contributed by atoms with van der Waals surface area (Å²) < 4.78 is 7.40. The van der Waals surface area contributed by atoms with E-state index >= 15 is 0 Å². The second-order valence-electron chi connectivity index (χ2n) is 10.9. The van der Waals surface area contributed by atoms with Crippen LogP contribution in [0.15, 0.2) is 71.9 Å². The van der Waals surface area contributed by atoms with Gasteiger partial charge in [0.2, 0.25) is 11.8 Å². The number of fused-ring (bicyclic) bond motifs is 4. The second-order valence-corrected chi connectivity index (χ2v) is 11.3. The molecular formula is C32H31BClN7O5. The molecule has 46 heavy (non-hydrogen) atoms. The predicted molar refractivity (Wildman–Crippen MR) is 175 cm³/mol. The Morgan fingerprint density at radius 1 is 1.04 bits per heavy atom. The minimum absolute atomic E-state index is 0.0661. The lowest BCUT2D eigenvalue weighted by Gasteiger charge is -2.14. The Bertz CT molecular complexity index is 1950. The number of methoxy groups -OCH3 is 1. The smallest absolute Gasteiger partial charge is 0.490 e. The number of aromatic nitrogens is 4. The highest BCUT2D eigenvalue weighted by molar-refractivity contribution is 6.62. The number of hydrogen-bond acceptors (Lipinski definition) is 8. The van der Waals surface area contributed by atoms with Gasteiger partial charge >= 0.3 is 7.12 Å². The Morgan fingerprint density at radius 2 is 1.85 bits per heavy atom. The molecule has 1 aliphatic rings. The molecule has 2 aromatic heterocycles. The first-order chi connectivity index (χ1) is 22.2. The Balaban J connectivity index is 1.15. The highest BCUT2D eigenvalue weighted by Gasteiger charge is 2.30. The molecule has 12 nitrogen and oxygen atoms in total. The quantitative estimate of drug-likeness (QED) is 0.146. The summed E-state index contributed by atoms with van der Waals surface area (Å²) in [6.07, 6.45) is 2.01. The van der Waals surface area contributed by atoms with Crippen LogP contribution in [-0.4, -0.2) is 74.6 Å². The Hall–Kier alpha value is -4.98. The Labute approximate surface area is 269 Å². The zero-order chi connectivity index (χ0) is 32.4. The standard InChI is InChI=1S/C32H31BClN7O5/c1-18-39-40-32-27(38-31(20-4-6-21(34)7-5-20)24-14-22(46-2)8-10-28(24)41(18)32)15-29(42)37-17-30(43)35-12-11-19-3-9-26-23(13-19)25(16-36-26)33(44)45/h3-10,13-14,16,27,36,44-45H,11-12,15,17H2,1-2H3,(H,35,43)(H,37,42)/t27-/m0/s1. The van der Waals surface area contributed by atoms with E-state index in [9.17, 15) is 19.6 Å². The number of halogens is 1. The van der Waals surface area contributed by atoms with Gasteiger partial charge in [-0.15, -0.1) is 10.2 Å². The van der Waals surface area contributed by atoms with Crippen molar-refractivity contribution >= 4 is 52.6 Å². The zero-order valence-electron chi connectivity index (χ0n) is 25.1. The molecule has 3 aromatic carbocycles. The van der Waals surface area contributed by atoms with Gasteiger partial charge in [0.05, 0.1) is 31.5 Å². The number of aromatic amines is 1. The molecule has 0 unspecified atom stereocenters. The topological polar surface area (TPSA) is 167 Å². The zero-order valence-corrected chi connectivity index (χ0v) is 25.9. The Kier molecular flexibility index (Phi) is 8.88. The van der Waals surface area contributed by atoms with Crippen molar-refractivity contribution in [2.24, 2.45) is 4.99 Å². The number of hydrogen-bond donors (Lipinski definition) is 5. The van der Waals surface area contributed by atoms with Crippen molar-refractivity contribution in [3.05, 3.63) is 100 Å². The van der Waals surface area contributed by atoms with Crippen LogP contribution in [0.3, 0.4) is 0 Å². The molecule has 0 saturated carbocycles. The van der Waals surface area contributed by atoms with Gasteiger partial charge in [-0.2, -0.15) is 0 Å². The average molecular weight is 640 g/mol. The van der Waals surface area contributed by atoms with E-state index in [0.29, 0.717) is 51.9 Å². The van der Waals surface area contributed by atoms with Crippen LogP contribution < -0.4 is 20.8 Å². The van der Waals surface area contributed by atoms with E-state index in [2.05, 4.69) is 25.8 Å². The van der Waals surface area contributed by atoms with Crippen LogP contribution in [0.1, 0.15) is 40.8 Å². The maximum Gasteiger partial charge on any atom is 0.490 e. The minimum atomic E-state index is -1.58. The maximum atomic E-state index is 13.2. The summed E-state index contributed by atoms with van der Waals surface area (Å²) in [5.74, 6) is 1.07. The summed E-state index contributed by atoms with van der Waals surface area (Å²) in [7, 11) is 0.0115. The fourth-order valence-corrected chi connectivity index (χ4v) is 5.70. The van der Waals surface area contributed by atoms with Crippen LogP contribution in [0.2, 0.25) is 5.02 Å². The third-order valence-electron chi connectivity index (χ3n) is 7.87. The molecule has 5 aromatic rings. The van der Waals surface area contributed by atoms with Crippen LogP contribution in [-0.2, 0) is 16.0 Å². The van der Waals surface area contributed by atoms with Crippen molar-refractivity contribution < 1.29 is 24.4 Å². The predicted octanol–water partition coefficient (Wildman–Crippen LogP) is 2.16. The largest absolute Gasteiger partial charge is 0.497 e. The van der Waals surface area contributed by atoms with E-state index in [4.69, 9.17) is 21.3 Å². The summed E-state index contributed by atoms with van der Waals surface area (Å²) in [4.78, 5) is 33.8. The van der Waals surface area contributed by atoms with Crippen LogP contribution in [0, 0.1) is 6.92 Å². The highest BCUT2D eigenvalue weighted by atomic mass is 35.5. The monoisotopic (exact) mass is 639 g/mol. The molecule has 234 valence electrons. The number of nitrogens with zero attached hydrogens (tertiary/aromatic N) is 4. The maximum absolute atomic E-state index is 13.2. The first kappa shape index (κ1) is 31.0. The molecule has 0 bridgehead atoms. The molecular weight excluding hydrogens is 609 g/mol. The van der Waals surface area contributed by atoms with Crippen LogP contribution in [0.5, 0.6) is 5.75 Å². The second kappa shape index (κ2) is 13.2. The summed E-state index contributed by atoms with van der Waals surface area (Å²) in [5.41, 5.74) is 5.12. The lowest BCUT2D eigenvalue weighted by molar-refractivity contribution is -0.126. The van der Waals surface area contributed by atoms with E-state index < -0.39 is 13.2 Å². The van der Waals surface area contributed by atoms with Crippen LogP contribution in [0.25, 0.3) is 16.6 Å². The van der Waals surface area contributed by atoms with Gasteiger partial charge in [-0.3, -0.25) is 19.1 Å². The van der Waals surface area contributed by atoms with Gasteiger partial charge in [0.1, 0.15) is 17.6 Å². The molecule has 3 heterocycles. The van der Waals surface area contributed by atoms with Crippen molar-refractivity contribution in [1.82, 2.24) is 30.4 Å². The lowest BCUT2D eigenvalue weighted by Crippen LogP contribution is -2.38. The number of H-pyrrole nitrogens is 1. The molecule has 5 N–H and O–H groups in total. The van der Waals surface area contributed by atoms with Crippen molar-refractivity contribution in [1.29, 1.82) is 0 Å². The number of nitrogens with one attached hydrogen (secondary N) is 3. The molecule has 2 amide bonds.